The first-order valence-corrected chi connectivity index (χ1v) is 20.5. The van der Waals surface area contributed by atoms with Crippen molar-refractivity contribution in [2.24, 2.45) is 0 Å². The zero-order valence-corrected chi connectivity index (χ0v) is 30.1. The number of fused-ring (bicyclic) bond motifs is 2. The predicted molar refractivity (Wildman–Crippen MR) is 183 cm³/mol. The van der Waals surface area contributed by atoms with Crippen LogP contribution in [0.15, 0.2) is 75.9 Å². The van der Waals surface area contributed by atoms with Gasteiger partial charge in [0, 0.05) is 52.9 Å². The standard InChI is InChI=1S/C33H42N2O12S3/c1-3-34(15-6-22-49(40,41)42)26-9-11-28-25(13-18-47-31(28)23-26)7-4-8-32-33(2,14-5-21-48(37,38)39)29-24-27(50(43,44)45)10-12-30(29)35(32)16-19-46-20-17-36/h4,7-13,18,23-24,36H,3,5-6,14-17,19-22H2,1-2H3,(H2-,37,38,39,40,41,42,43,44,45)/p-2. The SMILES string of the molecule is CC[N+](CCCS(=O)(=O)[O-])=c1ccc2c(/C=C/C=C3/N(CCOCCO)c4ccc(S(=O)(=O)[O-])cc4C3(C)CCCS(=O)(=O)[O-])ccoc-2c1. The van der Waals surface area contributed by atoms with Crippen LogP contribution in [0, 0.1) is 0 Å². The van der Waals surface area contributed by atoms with Crippen LogP contribution in [-0.4, -0.2) is 95.0 Å². The van der Waals surface area contributed by atoms with Crippen molar-refractivity contribution in [2.45, 2.75) is 43.4 Å². The van der Waals surface area contributed by atoms with E-state index in [4.69, 9.17) is 9.15 Å². The molecule has 0 amide bonds. The van der Waals surface area contributed by atoms with Gasteiger partial charge in [-0.2, -0.15) is 0 Å². The number of rotatable bonds is 17. The molecule has 1 aliphatic carbocycles. The van der Waals surface area contributed by atoms with E-state index in [0.717, 1.165) is 16.5 Å². The number of ether oxygens (including phenoxy) is 1. The Morgan fingerprint density at radius 2 is 1.68 bits per heavy atom. The van der Waals surface area contributed by atoms with Gasteiger partial charge in [-0.1, -0.05) is 12.2 Å². The van der Waals surface area contributed by atoms with Gasteiger partial charge in [0.2, 0.25) is 5.36 Å². The van der Waals surface area contributed by atoms with Gasteiger partial charge in [-0.3, -0.25) is 0 Å². The predicted octanol–water partition coefficient (Wildman–Crippen LogP) is 2.03. The largest absolute Gasteiger partial charge is 0.748 e. The fourth-order valence-corrected chi connectivity index (χ4v) is 7.70. The fraction of sp³-hybridized carbons (Fsp3) is 0.424. The van der Waals surface area contributed by atoms with Crippen LogP contribution >= 0.6 is 0 Å². The molecule has 0 saturated carbocycles. The van der Waals surface area contributed by atoms with Crippen LogP contribution in [0.2, 0.25) is 0 Å². The van der Waals surface area contributed by atoms with Gasteiger partial charge >= 0.3 is 0 Å². The van der Waals surface area contributed by atoms with E-state index in [0.29, 0.717) is 35.8 Å². The normalized spacial score (nSPS) is 18.4. The summed E-state index contributed by atoms with van der Waals surface area (Å²) in [6.07, 6.45) is 7.23. The smallest absolute Gasteiger partial charge is 0.203 e. The van der Waals surface area contributed by atoms with E-state index in [1.807, 2.05) is 40.7 Å². The molecule has 2 aliphatic heterocycles. The van der Waals surface area contributed by atoms with Crippen LogP contribution < -0.4 is 14.8 Å². The zero-order valence-electron chi connectivity index (χ0n) is 27.7. The number of benzene rings is 2. The summed E-state index contributed by atoms with van der Waals surface area (Å²) in [5, 5.41) is 9.96. The van der Waals surface area contributed by atoms with E-state index >= 15 is 0 Å². The molecule has 50 heavy (non-hydrogen) atoms. The summed E-state index contributed by atoms with van der Waals surface area (Å²) in [5.74, 6) is -0.535. The number of anilines is 1. The second-order valence-corrected chi connectivity index (χ2v) is 16.4. The summed E-state index contributed by atoms with van der Waals surface area (Å²) in [6, 6.07) is 11.3. The molecule has 0 fully saturated rings. The van der Waals surface area contributed by atoms with Crippen molar-refractivity contribution >= 4 is 42.1 Å². The van der Waals surface area contributed by atoms with Crippen molar-refractivity contribution < 1.29 is 53.2 Å². The summed E-state index contributed by atoms with van der Waals surface area (Å²) in [5.41, 5.74) is 2.24. The van der Waals surface area contributed by atoms with Gasteiger partial charge in [0.1, 0.15) is 29.0 Å². The molecular weight excluding hydrogens is 713 g/mol. The minimum Gasteiger partial charge on any atom is -0.748 e. The van der Waals surface area contributed by atoms with Crippen LogP contribution in [0.4, 0.5) is 5.69 Å². The second-order valence-electron chi connectivity index (χ2n) is 12.0. The third kappa shape index (κ3) is 10.1. The van der Waals surface area contributed by atoms with Crippen LogP contribution in [-0.2, 0) is 40.5 Å². The number of hydrogen-bond acceptors (Lipinski definition) is 13. The van der Waals surface area contributed by atoms with Crippen molar-refractivity contribution in [1.82, 2.24) is 4.58 Å². The highest BCUT2D eigenvalue weighted by Crippen LogP contribution is 2.51. The quantitative estimate of drug-likeness (QED) is 0.119. The first-order valence-electron chi connectivity index (χ1n) is 15.9. The van der Waals surface area contributed by atoms with E-state index in [1.165, 1.54) is 24.5 Å². The Labute approximate surface area is 292 Å². The van der Waals surface area contributed by atoms with Gasteiger partial charge < -0.3 is 32.8 Å². The van der Waals surface area contributed by atoms with Crippen molar-refractivity contribution in [3.05, 3.63) is 83.1 Å². The number of aliphatic hydroxyl groups is 1. The Balaban J connectivity index is 1.76. The third-order valence-electron chi connectivity index (χ3n) is 8.58. The highest BCUT2D eigenvalue weighted by molar-refractivity contribution is 7.86. The molecule has 1 aromatic rings. The van der Waals surface area contributed by atoms with E-state index in [1.54, 1.807) is 25.1 Å². The maximum atomic E-state index is 12.0. The molecule has 1 atom stereocenters. The molecule has 274 valence electrons. The van der Waals surface area contributed by atoms with E-state index in [9.17, 15) is 44.0 Å². The van der Waals surface area contributed by atoms with Crippen molar-refractivity contribution in [2.75, 3.05) is 55.9 Å². The Kier molecular flexibility index (Phi) is 12.8. The molecule has 1 N–H and O–H groups in total. The average molecular weight is 753 g/mol. The third-order valence-corrected chi connectivity index (χ3v) is 11.0. The number of allylic oxidation sites excluding steroid dienone is 3. The molecule has 2 heterocycles. The Morgan fingerprint density at radius 1 is 0.960 bits per heavy atom. The number of aliphatic hydroxyl groups excluding tert-OH is 1. The van der Waals surface area contributed by atoms with Gasteiger partial charge in [0.05, 0.1) is 57.3 Å². The van der Waals surface area contributed by atoms with Gasteiger partial charge in [0.15, 0.2) is 0 Å². The molecule has 3 aliphatic rings. The van der Waals surface area contributed by atoms with Crippen molar-refractivity contribution in [3.8, 4) is 11.3 Å². The second kappa shape index (κ2) is 16.3. The zero-order chi connectivity index (χ0) is 36.7. The Morgan fingerprint density at radius 3 is 2.34 bits per heavy atom. The molecule has 17 heteroatoms. The van der Waals surface area contributed by atoms with Gasteiger partial charge in [-0.25, -0.2) is 29.8 Å². The summed E-state index contributed by atoms with van der Waals surface area (Å²) < 4.78 is 117. The van der Waals surface area contributed by atoms with Crippen LogP contribution in [0.3, 0.4) is 0 Å². The lowest BCUT2D eigenvalue weighted by Gasteiger charge is -2.30. The summed E-state index contributed by atoms with van der Waals surface area (Å²) in [4.78, 5) is 1.44. The minimum absolute atomic E-state index is 0.0271. The first-order chi connectivity index (χ1) is 23.5. The van der Waals surface area contributed by atoms with Crippen molar-refractivity contribution in [1.29, 1.82) is 0 Å². The number of hydrogen-bond donors (Lipinski definition) is 1. The maximum absolute atomic E-state index is 12.0. The molecular formula is C33H40N2O12S3-2. The highest BCUT2D eigenvalue weighted by Gasteiger charge is 2.43. The molecule has 4 rings (SSSR count). The van der Waals surface area contributed by atoms with Crippen molar-refractivity contribution in [3.63, 3.8) is 0 Å². The number of nitrogens with zero attached hydrogens (tertiary/aromatic N) is 2. The molecule has 0 aromatic heterocycles. The molecule has 0 bridgehead atoms. The first kappa shape index (κ1) is 39.4. The molecule has 0 spiro atoms. The molecule has 1 aromatic carbocycles. The van der Waals surface area contributed by atoms with Crippen LogP contribution in [0.1, 0.15) is 44.2 Å². The Bertz CT molecular complexity index is 2110. The lowest BCUT2D eigenvalue weighted by molar-refractivity contribution is 0.0971. The summed E-state index contributed by atoms with van der Waals surface area (Å²) in [6.45, 7) is 5.01. The molecule has 14 nitrogen and oxygen atoms in total. The van der Waals surface area contributed by atoms with Crippen LogP contribution in [0.25, 0.3) is 17.4 Å². The fourth-order valence-electron chi connectivity index (χ4n) is 6.22. The average Bonchev–Trinajstić information content (AvgIpc) is 3.26. The van der Waals surface area contributed by atoms with E-state index in [2.05, 4.69) is 0 Å². The van der Waals surface area contributed by atoms with Gasteiger partial charge in [-0.05, 0) is 74.2 Å². The minimum atomic E-state index is -4.82. The lowest BCUT2D eigenvalue weighted by atomic mass is 9.77. The topological polar surface area (TPSA) is 220 Å². The van der Waals surface area contributed by atoms with E-state index < -0.39 is 52.2 Å². The van der Waals surface area contributed by atoms with E-state index in [-0.39, 0.29) is 45.6 Å². The highest BCUT2D eigenvalue weighted by atomic mass is 32.2. The summed E-state index contributed by atoms with van der Waals surface area (Å²) >= 11 is 0. The molecule has 1 unspecified atom stereocenters. The summed E-state index contributed by atoms with van der Waals surface area (Å²) in [7, 11) is -13.7. The van der Waals surface area contributed by atoms with Crippen LogP contribution in [0.5, 0.6) is 0 Å². The maximum Gasteiger partial charge on any atom is 0.203 e. The molecule has 0 radical (unpaired) electrons. The Hall–Kier alpha value is -3.42. The molecule has 0 saturated heterocycles. The lowest BCUT2D eigenvalue weighted by Crippen LogP contribution is -2.31. The monoisotopic (exact) mass is 752 g/mol. The van der Waals surface area contributed by atoms with Gasteiger partial charge in [-0.15, -0.1) is 0 Å². The van der Waals surface area contributed by atoms with Gasteiger partial charge in [0.25, 0.3) is 0 Å².